The number of benzene rings is 1. The average molecular weight is 282 g/mol. The van der Waals surface area contributed by atoms with Gasteiger partial charge >= 0.3 is 0 Å². The van der Waals surface area contributed by atoms with Gasteiger partial charge in [0.25, 0.3) is 0 Å². The van der Waals surface area contributed by atoms with E-state index in [9.17, 15) is 0 Å². The Bertz CT molecular complexity index is 541. The summed E-state index contributed by atoms with van der Waals surface area (Å²) in [7, 11) is 1.77. The lowest BCUT2D eigenvalue weighted by Crippen LogP contribution is -2.30. The number of rotatable bonds is 3. The highest BCUT2D eigenvalue weighted by molar-refractivity contribution is 5.40. The summed E-state index contributed by atoms with van der Waals surface area (Å²) in [4.78, 5) is 0. The first-order valence-corrected chi connectivity index (χ1v) is 8.29. The molecule has 0 amide bonds. The summed E-state index contributed by atoms with van der Waals surface area (Å²) in [5.41, 5.74) is 3.12. The topological polar surface area (TPSA) is 9.23 Å². The van der Waals surface area contributed by atoms with Gasteiger partial charge in [0.2, 0.25) is 0 Å². The number of hydrogen-bond acceptors (Lipinski definition) is 1. The molecule has 1 heteroatoms. The maximum absolute atomic E-state index is 5.44. The molecule has 3 atom stereocenters. The van der Waals surface area contributed by atoms with E-state index in [1.165, 1.54) is 32.1 Å². The molecular formula is C20H26O. The van der Waals surface area contributed by atoms with Crippen LogP contribution < -0.4 is 4.74 Å². The van der Waals surface area contributed by atoms with Crippen LogP contribution >= 0.6 is 0 Å². The quantitative estimate of drug-likeness (QED) is 0.686. The molecule has 0 spiro atoms. The van der Waals surface area contributed by atoms with Crippen LogP contribution in [0.25, 0.3) is 0 Å². The van der Waals surface area contributed by atoms with E-state index in [-0.39, 0.29) is 0 Å². The van der Waals surface area contributed by atoms with Crippen molar-refractivity contribution in [2.75, 3.05) is 7.11 Å². The van der Waals surface area contributed by atoms with E-state index in [1.807, 2.05) is 0 Å². The van der Waals surface area contributed by atoms with Crippen LogP contribution in [0.2, 0.25) is 0 Å². The van der Waals surface area contributed by atoms with Crippen molar-refractivity contribution in [3.05, 3.63) is 53.6 Å². The van der Waals surface area contributed by atoms with Gasteiger partial charge in [0.1, 0.15) is 5.75 Å². The minimum absolute atomic E-state index is 0.734. The molecule has 1 nitrogen and oxygen atoms in total. The highest BCUT2D eigenvalue weighted by Gasteiger charge is 2.36. The fourth-order valence-electron chi connectivity index (χ4n) is 4.25. The van der Waals surface area contributed by atoms with Crippen LogP contribution in [0.5, 0.6) is 5.75 Å². The van der Waals surface area contributed by atoms with Crippen LogP contribution in [-0.4, -0.2) is 7.11 Å². The molecule has 0 aromatic heterocycles. The zero-order valence-corrected chi connectivity index (χ0v) is 13.2. The van der Waals surface area contributed by atoms with Crippen molar-refractivity contribution in [2.45, 2.75) is 44.9 Å². The van der Waals surface area contributed by atoms with Gasteiger partial charge in [0.15, 0.2) is 0 Å². The maximum Gasteiger partial charge on any atom is 0.119 e. The molecule has 0 bridgehead atoms. The van der Waals surface area contributed by atoms with E-state index in [4.69, 9.17) is 4.74 Å². The Labute approximate surface area is 128 Å². The zero-order chi connectivity index (χ0) is 14.7. The minimum atomic E-state index is 0.734. The molecule has 21 heavy (non-hydrogen) atoms. The molecule has 1 aromatic rings. The second-order valence-corrected chi connectivity index (χ2v) is 6.38. The molecule has 1 saturated carbocycles. The second kappa shape index (κ2) is 6.51. The summed E-state index contributed by atoms with van der Waals surface area (Å²) in [6.45, 7) is 2.08. The highest BCUT2D eigenvalue weighted by Crippen LogP contribution is 2.48. The molecule has 112 valence electrons. The first kappa shape index (κ1) is 14.4. The molecule has 0 heterocycles. The first-order chi connectivity index (χ1) is 10.3. The molecule has 0 radical (unpaired) electrons. The van der Waals surface area contributed by atoms with E-state index < -0.39 is 0 Å². The van der Waals surface area contributed by atoms with Crippen LogP contribution in [0.4, 0.5) is 0 Å². The fourth-order valence-corrected chi connectivity index (χ4v) is 4.25. The van der Waals surface area contributed by atoms with Gasteiger partial charge in [-0.15, -0.1) is 0 Å². The average Bonchev–Trinajstić information content (AvgIpc) is 2.54. The van der Waals surface area contributed by atoms with Crippen LogP contribution in [0.15, 0.2) is 42.5 Å². The number of allylic oxidation sites excluding steroid dienone is 4. The predicted molar refractivity (Wildman–Crippen MR) is 88.8 cm³/mol. The van der Waals surface area contributed by atoms with Crippen molar-refractivity contribution in [3.8, 4) is 5.75 Å². The maximum atomic E-state index is 5.44. The molecule has 2 aliphatic carbocycles. The Morgan fingerprint density at radius 1 is 1.14 bits per heavy atom. The third-order valence-electron chi connectivity index (χ3n) is 5.28. The summed E-state index contributed by atoms with van der Waals surface area (Å²) in [5.74, 6) is 3.32. The van der Waals surface area contributed by atoms with E-state index in [0.29, 0.717) is 0 Å². The largest absolute Gasteiger partial charge is 0.497 e. The number of fused-ring (bicyclic) bond motifs is 3. The van der Waals surface area contributed by atoms with E-state index in [2.05, 4.69) is 49.4 Å². The zero-order valence-electron chi connectivity index (χ0n) is 13.2. The van der Waals surface area contributed by atoms with Crippen LogP contribution in [0, 0.1) is 11.8 Å². The Hall–Kier alpha value is -1.50. The molecule has 1 aromatic carbocycles. The summed E-state index contributed by atoms with van der Waals surface area (Å²) in [5, 5.41) is 0. The standard InChI is InChI=1S/C20H26O/c1-3-4-5-7-15-8-6-9-19-18(15)13-11-16-10-12-17(21-2)14-20(16)19/h3-5,7,10,12,14-15,18-19H,6,8-9,11,13H2,1-2H3/b4-3+,7-5+/t15-,18-,19-/m0/s1. The predicted octanol–water partition coefficient (Wildman–Crippen LogP) is 5.27. The lowest BCUT2D eigenvalue weighted by molar-refractivity contribution is 0.216. The van der Waals surface area contributed by atoms with Crippen molar-refractivity contribution < 1.29 is 4.74 Å². The summed E-state index contributed by atoms with van der Waals surface area (Å²) in [6, 6.07) is 6.69. The number of methoxy groups -OCH3 is 1. The van der Waals surface area contributed by atoms with Crippen molar-refractivity contribution in [1.29, 1.82) is 0 Å². The SMILES string of the molecule is C/C=C/C=C/[C@H]1CCC[C@@H]2c3cc(OC)ccc3CC[C@H]21. The van der Waals surface area contributed by atoms with Gasteiger partial charge in [0, 0.05) is 0 Å². The molecule has 1 fully saturated rings. The van der Waals surface area contributed by atoms with Gasteiger partial charge in [-0.1, -0.05) is 36.8 Å². The van der Waals surface area contributed by atoms with Gasteiger partial charge in [-0.3, -0.25) is 0 Å². The Balaban J connectivity index is 1.87. The smallest absolute Gasteiger partial charge is 0.119 e. The monoisotopic (exact) mass is 282 g/mol. The van der Waals surface area contributed by atoms with Gasteiger partial charge in [-0.25, -0.2) is 0 Å². The van der Waals surface area contributed by atoms with Crippen LogP contribution in [0.3, 0.4) is 0 Å². The van der Waals surface area contributed by atoms with Crippen molar-refractivity contribution >= 4 is 0 Å². The first-order valence-electron chi connectivity index (χ1n) is 8.29. The van der Waals surface area contributed by atoms with Crippen LogP contribution in [-0.2, 0) is 6.42 Å². The molecule has 2 aliphatic rings. The molecule has 0 aliphatic heterocycles. The lowest BCUT2D eigenvalue weighted by atomic mass is 9.63. The fraction of sp³-hybridized carbons (Fsp3) is 0.500. The Kier molecular flexibility index (Phi) is 4.48. The highest BCUT2D eigenvalue weighted by atomic mass is 16.5. The third kappa shape index (κ3) is 2.92. The van der Waals surface area contributed by atoms with Crippen molar-refractivity contribution in [2.24, 2.45) is 11.8 Å². The third-order valence-corrected chi connectivity index (χ3v) is 5.28. The van der Waals surface area contributed by atoms with Gasteiger partial charge in [-0.05, 0) is 73.6 Å². The number of hydrogen-bond donors (Lipinski definition) is 0. The number of aryl methyl sites for hydroxylation is 1. The van der Waals surface area contributed by atoms with Gasteiger partial charge < -0.3 is 4.74 Å². The number of ether oxygens (including phenoxy) is 1. The summed E-state index contributed by atoms with van der Waals surface area (Å²) < 4.78 is 5.44. The van der Waals surface area contributed by atoms with Crippen molar-refractivity contribution in [1.82, 2.24) is 0 Å². The molecule has 0 N–H and O–H groups in total. The lowest BCUT2D eigenvalue weighted by Gasteiger charge is -2.41. The molecule has 0 unspecified atom stereocenters. The van der Waals surface area contributed by atoms with E-state index in [1.54, 1.807) is 18.2 Å². The Morgan fingerprint density at radius 2 is 2.05 bits per heavy atom. The second-order valence-electron chi connectivity index (χ2n) is 6.38. The molecule has 3 rings (SSSR count). The summed E-state index contributed by atoms with van der Waals surface area (Å²) in [6.07, 6.45) is 15.6. The van der Waals surface area contributed by atoms with Gasteiger partial charge in [0.05, 0.1) is 7.11 Å². The van der Waals surface area contributed by atoms with Gasteiger partial charge in [-0.2, -0.15) is 0 Å². The van der Waals surface area contributed by atoms with E-state index in [0.717, 1.165) is 23.5 Å². The molecule has 0 saturated heterocycles. The van der Waals surface area contributed by atoms with E-state index >= 15 is 0 Å². The van der Waals surface area contributed by atoms with Crippen LogP contribution in [0.1, 0.15) is 49.7 Å². The normalized spacial score (nSPS) is 28.6. The minimum Gasteiger partial charge on any atom is -0.497 e. The molecular weight excluding hydrogens is 256 g/mol. The van der Waals surface area contributed by atoms with Crippen molar-refractivity contribution in [3.63, 3.8) is 0 Å². The Morgan fingerprint density at radius 3 is 2.86 bits per heavy atom. The summed E-state index contributed by atoms with van der Waals surface area (Å²) >= 11 is 0.